The van der Waals surface area contributed by atoms with E-state index in [1.807, 2.05) is 11.2 Å². The average Bonchev–Trinajstić information content (AvgIpc) is 2.94. The summed E-state index contributed by atoms with van der Waals surface area (Å²) in [5, 5.41) is 13.7. The van der Waals surface area contributed by atoms with Gasteiger partial charge in [-0.15, -0.1) is 0 Å². The fourth-order valence-electron chi connectivity index (χ4n) is 3.01. The lowest BCUT2D eigenvalue weighted by atomic mass is 10.1. The quantitative estimate of drug-likeness (QED) is 0.581. The van der Waals surface area contributed by atoms with E-state index in [1.165, 1.54) is 24.3 Å². The molecule has 0 aromatic heterocycles. The summed E-state index contributed by atoms with van der Waals surface area (Å²) in [6.07, 6.45) is 6.71. The Morgan fingerprint density at radius 3 is 2.58 bits per heavy atom. The highest BCUT2D eigenvalue weighted by Gasteiger charge is 2.26. The van der Waals surface area contributed by atoms with Gasteiger partial charge < -0.3 is 10.2 Å². The molecule has 1 saturated heterocycles. The van der Waals surface area contributed by atoms with Gasteiger partial charge in [-0.3, -0.25) is 19.7 Å². The standard InChI is InChI=1S/C18H25N3O4S/c1-26-12-9-16(18(23)20-10-4-2-3-5-11-20)19-17(22)14-7-6-8-15(13-14)21(24)25/h6-8,13,16H,2-5,9-12H2,1H3,(H,19,22). The second kappa shape index (κ2) is 10.2. The zero-order chi connectivity index (χ0) is 18.9. The number of thioether (sulfide) groups is 1. The Balaban J connectivity index is 2.10. The maximum Gasteiger partial charge on any atom is 0.270 e. The predicted molar refractivity (Wildman–Crippen MR) is 102 cm³/mol. The van der Waals surface area contributed by atoms with Gasteiger partial charge in [-0.1, -0.05) is 18.9 Å². The van der Waals surface area contributed by atoms with Gasteiger partial charge in [0.15, 0.2) is 0 Å². The summed E-state index contributed by atoms with van der Waals surface area (Å²) < 4.78 is 0. The number of amides is 2. The Morgan fingerprint density at radius 2 is 1.96 bits per heavy atom. The van der Waals surface area contributed by atoms with Crippen molar-refractivity contribution in [1.29, 1.82) is 0 Å². The molecule has 0 radical (unpaired) electrons. The molecule has 7 nitrogen and oxygen atoms in total. The number of carbonyl (C=O) groups is 2. The second-order valence-corrected chi connectivity index (χ2v) is 7.34. The first-order chi connectivity index (χ1) is 12.5. The van der Waals surface area contributed by atoms with E-state index < -0.39 is 16.9 Å². The van der Waals surface area contributed by atoms with E-state index in [0.29, 0.717) is 6.42 Å². The molecule has 1 unspecified atom stereocenters. The minimum absolute atomic E-state index is 0.0558. The molecule has 0 saturated carbocycles. The van der Waals surface area contributed by atoms with E-state index in [9.17, 15) is 19.7 Å². The summed E-state index contributed by atoms with van der Waals surface area (Å²) in [5.41, 5.74) is 0.0502. The van der Waals surface area contributed by atoms with Crippen molar-refractivity contribution in [2.24, 2.45) is 0 Å². The first-order valence-corrected chi connectivity index (χ1v) is 10.3. The molecule has 0 aliphatic carbocycles. The zero-order valence-corrected chi connectivity index (χ0v) is 15.8. The van der Waals surface area contributed by atoms with Gasteiger partial charge in [0.25, 0.3) is 11.6 Å². The zero-order valence-electron chi connectivity index (χ0n) is 15.0. The third-order valence-corrected chi connectivity index (χ3v) is 5.09. The van der Waals surface area contributed by atoms with Crippen LogP contribution in [0.4, 0.5) is 5.69 Å². The smallest absolute Gasteiger partial charge is 0.270 e. The van der Waals surface area contributed by atoms with Crippen molar-refractivity contribution in [2.75, 3.05) is 25.1 Å². The van der Waals surface area contributed by atoms with Gasteiger partial charge >= 0.3 is 0 Å². The second-order valence-electron chi connectivity index (χ2n) is 6.35. The van der Waals surface area contributed by atoms with Crippen LogP contribution >= 0.6 is 11.8 Å². The third-order valence-electron chi connectivity index (χ3n) is 4.45. The lowest BCUT2D eigenvalue weighted by Crippen LogP contribution is -2.49. The van der Waals surface area contributed by atoms with Crippen molar-refractivity contribution in [1.82, 2.24) is 10.2 Å². The molecular weight excluding hydrogens is 354 g/mol. The molecule has 2 rings (SSSR count). The molecule has 2 amide bonds. The van der Waals surface area contributed by atoms with Crippen molar-refractivity contribution in [3.63, 3.8) is 0 Å². The van der Waals surface area contributed by atoms with Crippen LogP contribution in [0.2, 0.25) is 0 Å². The molecule has 1 aliphatic rings. The van der Waals surface area contributed by atoms with Crippen molar-refractivity contribution in [3.8, 4) is 0 Å². The maximum absolute atomic E-state index is 12.9. The monoisotopic (exact) mass is 379 g/mol. The molecule has 1 atom stereocenters. The van der Waals surface area contributed by atoms with Gasteiger partial charge in [0.2, 0.25) is 5.91 Å². The van der Waals surface area contributed by atoms with E-state index in [2.05, 4.69) is 5.32 Å². The van der Waals surface area contributed by atoms with Crippen LogP contribution in [-0.2, 0) is 4.79 Å². The van der Waals surface area contributed by atoms with E-state index in [0.717, 1.165) is 44.5 Å². The van der Waals surface area contributed by atoms with Crippen LogP contribution in [0.1, 0.15) is 42.5 Å². The minimum Gasteiger partial charge on any atom is -0.341 e. The molecule has 8 heteroatoms. The van der Waals surface area contributed by atoms with E-state index in [4.69, 9.17) is 0 Å². The van der Waals surface area contributed by atoms with Crippen LogP contribution in [0.15, 0.2) is 24.3 Å². The van der Waals surface area contributed by atoms with Crippen molar-refractivity contribution < 1.29 is 14.5 Å². The largest absolute Gasteiger partial charge is 0.341 e. The highest BCUT2D eigenvalue weighted by atomic mass is 32.2. The number of rotatable bonds is 7. The maximum atomic E-state index is 12.9. The van der Waals surface area contributed by atoms with E-state index in [1.54, 1.807) is 11.8 Å². The van der Waals surface area contributed by atoms with Gasteiger partial charge in [-0.25, -0.2) is 0 Å². The number of benzene rings is 1. The molecule has 0 bridgehead atoms. The molecule has 1 fully saturated rings. The Kier molecular flexibility index (Phi) is 7.90. The van der Waals surface area contributed by atoms with E-state index >= 15 is 0 Å². The van der Waals surface area contributed by atoms with Gasteiger partial charge in [0.1, 0.15) is 6.04 Å². The van der Waals surface area contributed by atoms with Crippen molar-refractivity contribution in [2.45, 2.75) is 38.1 Å². The number of hydrogen-bond acceptors (Lipinski definition) is 5. The summed E-state index contributed by atoms with van der Waals surface area (Å²) in [5.74, 6) is 0.238. The van der Waals surface area contributed by atoms with Crippen LogP contribution in [0.5, 0.6) is 0 Å². The Hall–Kier alpha value is -2.09. The number of nitrogens with zero attached hydrogens (tertiary/aromatic N) is 2. The predicted octanol–water partition coefficient (Wildman–Crippen LogP) is 2.85. The Labute approximate surface area is 157 Å². The summed E-state index contributed by atoms with van der Waals surface area (Å²) in [4.78, 5) is 37.6. The highest BCUT2D eigenvalue weighted by Crippen LogP contribution is 2.15. The van der Waals surface area contributed by atoms with Crippen LogP contribution in [-0.4, -0.2) is 52.8 Å². The topological polar surface area (TPSA) is 92.5 Å². The molecule has 1 N–H and O–H groups in total. The lowest BCUT2D eigenvalue weighted by Gasteiger charge is -2.26. The Bertz CT molecular complexity index is 645. The van der Waals surface area contributed by atoms with Crippen LogP contribution in [0, 0.1) is 10.1 Å². The number of likely N-dealkylation sites (tertiary alicyclic amines) is 1. The van der Waals surface area contributed by atoms with Gasteiger partial charge in [0.05, 0.1) is 4.92 Å². The normalized spacial score (nSPS) is 15.8. The summed E-state index contributed by atoms with van der Waals surface area (Å²) in [6, 6.07) is 4.96. The molecule has 26 heavy (non-hydrogen) atoms. The molecule has 1 aliphatic heterocycles. The molecule has 1 heterocycles. The number of nitro benzene ring substituents is 1. The first-order valence-electron chi connectivity index (χ1n) is 8.86. The summed E-state index contributed by atoms with van der Waals surface area (Å²) in [7, 11) is 0. The minimum atomic E-state index is -0.604. The van der Waals surface area contributed by atoms with Crippen LogP contribution < -0.4 is 5.32 Å². The molecule has 0 spiro atoms. The number of nitro groups is 1. The van der Waals surface area contributed by atoms with Gasteiger partial charge in [-0.05, 0) is 37.3 Å². The number of carbonyl (C=O) groups excluding carboxylic acids is 2. The molecule has 1 aromatic rings. The van der Waals surface area contributed by atoms with Crippen LogP contribution in [0.3, 0.4) is 0 Å². The Morgan fingerprint density at radius 1 is 1.27 bits per heavy atom. The number of hydrogen-bond donors (Lipinski definition) is 1. The first kappa shape index (κ1) is 20.2. The SMILES string of the molecule is CSCCC(NC(=O)c1cccc([N+](=O)[O-])c1)C(=O)N1CCCCCC1. The fraction of sp³-hybridized carbons (Fsp3) is 0.556. The summed E-state index contributed by atoms with van der Waals surface area (Å²) >= 11 is 1.62. The van der Waals surface area contributed by atoms with Crippen molar-refractivity contribution >= 4 is 29.3 Å². The number of nitrogens with one attached hydrogen (secondary N) is 1. The van der Waals surface area contributed by atoms with Gasteiger partial charge in [0, 0.05) is 30.8 Å². The molecule has 1 aromatic carbocycles. The van der Waals surface area contributed by atoms with Crippen LogP contribution in [0.25, 0.3) is 0 Å². The molecule has 142 valence electrons. The average molecular weight is 379 g/mol. The highest BCUT2D eigenvalue weighted by molar-refractivity contribution is 7.98. The third kappa shape index (κ3) is 5.72. The van der Waals surface area contributed by atoms with Crippen molar-refractivity contribution in [3.05, 3.63) is 39.9 Å². The number of non-ortho nitro benzene ring substituents is 1. The van der Waals surface area contributed by atoms with Gasteiger partial charge in [-0.2, -0.15) is 11.8 Å². The molecular formula is C18H25N3O4S. The summed E-state index contributed by atoms with van der Waals surface area (Å²) in [6.45, 7) is 1.45. The lowest BCUT2D eigenvalue weighted by molar-refractivity contribution is -0.384. The fourth-order valence-corrected chi connectivity index (χ4v) is 3.48. The van der Waals surface area contributed by atoms with E-state index in [-0.39, 0.29) is 17.2 Å².